The number of aryl methyl sites for hydroxylation is 1. The van der Waals surface area contributed by atoms with Crippen LogP contribution in [0.15, 0.2) is 24.3 Å². The number of carbonyl (C=O) groups is 1. The molecule has 2 N–H and O–H groups in total. The molecule has 0 aromatic heterocycles. The summed E-state index contributed by atoms with van der Waals surface area (Å²) in [6.07, 6.45) is 5.66. The minimum atomic E-state index is -0.678. The van der Waals surface area contributed by atoms with Gasteiger partial charge in [0.2, 0.25) is 0 Å². The minimum Gasteiger partial charge on any atom is -0.390 e. The lowest BCUT2D eigenvalue weighted by Crippen LogP contribution is -2.45. The first kappa shape index (κ1) is 20.3. The molecule has 1 aliphatic rings. The van der Waals surface area contributed by atoms with Crippen LogP contribution >= 0.6 is 11.8 Å². The highest BCUT2D eigenvalue weighted by Gasteiger charge is 2.21. The number of rotatable bonds is 8. The molecule has 0 aliphatic carbocycles. The van der Waals surface area contributed by atoms with Crippen molar-refractivity contribution in [1.29, 1.82) is 0 Å². The maximum absolute atomic E-state index is 12.5. The summed E-state index contributed by atoms with van der Waals surface area (Å²) in [5, 5.41) is 13.1. The molecule has 1 aromatic carbocycles. The number of likely N-dealkylation sites (tertiary alicyclic amines) is 1. The zero-order chi connectivity index (χ0) is 18.3. The van der Waals surface area contributed by atoms with Crippen molar-refractivity contribution in [2.45, 2.75) is 51.2 Å². The van der Waals surface area contributed by atoms with Gasteiger partial charge in [0.25, 0.3) is 5.91 Å². The Morgan fingerprint density at radius 1 is 1.36 bits per heavy atom. The molecule has 1 saturated heterocycles. The standard InChI is InChI=1S/C20H32N2O2S/c1-20(2,24)10-7-16-5-4-6-17(15-16)19(23)21-18-8-11-22(12-9-18)13-14-25-3/h4-6,15,18,24H,7-14H2,1-3H3,(H,21,23). The third kappa shape index (κ3) is 7.38. The third-order valence-electron chi connectivity index (χ3n) is 4.75. The molecule has 0 saturated carbocycles. The Kier molecular flexibility index (Phi) is 7.79. The molecule has 1 aliphatic heterocycles. The molecule has 0 spiro atoms. The number of amides is 1. The van der Waals surface area contributed by atoms with Crippen LogP contribution in [0, 0.1) is 0 Å². The Hall–Kier alpha value is -1.04. The highest BCUT2D eigenvalue weighted by Crippen LogP contribution is 2.16. The minimum absolute atomic E-state index is 0.0210. The second-order valence-corrected chi connectivity index (χ2v) is 8.58. The van der Waals surface area contributed by atoms with E-state index in [1.807, 2.05) is 49.9 Å². The van der Waals surface area contributed by atoms with E-state index in [1.165, 1.54) is 5.75 Å². The van der Waals surface area contributed by atoms with Crippen molar-refractivity contribution in [3.05, 3.63) is 35.4 Å². The quantitative estimate of drug-likeness (QED) is 0.745. The fraction of sp³-hybridized carbons (Fsp3) is 0.650. The number of hydrogen-bond donors (Lipinski definition) is 2. The van der Waals surface area contributed by atoms with Crippen LogP contribution in [0.5, 0.6) is 0 Å². The van der Waals surface area contributed by atoms with E-state index < -0.39 is 5.60 Å². The van der Waals surface area contributed by atoms with E-state index in [0.717, 1.165) is 50.0 Å². The maximum atomic E-state index is 12.5. The summed E-state index contributed by atoms with van der Waals surface area (Å²) < 4.78 is 0. The van der Waals surface area contributed by atoms with Gasteiger partial charge in [-0.05, 0) is 63.5 Å². The van der Waals surface area contributed by atoms with Crippen molar-refractivity contribution in [1.82, 2.24) is 10.2 Å². The molecule has 0 atom stereocenters. The van der Waals surface area contributed by atoms with Gasteiger partial charge in [0.05, 0.1) is 5.60 Å². The number of piperidine rings is 1. The Morgan fingerprint density at radius 3 is 2.72 bits per heavy atom. The van der Waals surface area contributed by atoms with E-state index in [0.29, 0.717) is 6.42 Å². The summed E-state index contributed by atoms with van der Waals surface area (Å²) in [6, 6.07) is 8.05. The number of aliphatic hydroxyl groups is 1. The number of benzene rings is 1. The molecule has 5 heteroatoms. The van der Waals surface area contributed by atoms with Gasteiger partial charge in [-0.1, -0.05) is 12.1 Å². The van der Waals surface area contributed by atoms with Crippen LogP contribution in [-0.2, 0) is 6.42 Å². The first-order chi connectivity index (χ1) is 11.9. The van der Waals surface area contributed by atoms with Crippen LogP contribution in [0.4, 0.5) is 0 Å². The average Bonchev–Trinajstić information content (AvgIpc) is 2.59. The van der Waals surface area contributed by atoms with E-state index in [9.17, 15) is 9.90 Å². The van der Waals surface area contributed by atoms with Crippen LogP contribution < -0.4 is 5.32 Å². The molecule has 1 fully saturated rings. The van der Waals surface area contributed by atoms with Gasteiger partial charge < -0.3 is 15.3 Å². The van der Waals surface area contributed by atoms with Crippen molar-refractivity contribution in [3.63, 3.8) is 0 Å². The zero-order valence-electron chi connectivity index (χ0n) is 15.8. The molecule has 25 heavy (non-hydrogen) atoms. The molecular formula is C20H32N2O2S. The van der Waals surface area contributed by atoms with Gasteiger partial charge in [0.1, 0.15) is 0 Å². The molecule has 1 heterocycles. The Labute approximate surface area is 156 Å². The topological polar surface area (TPSA) is 52.6 Å². The lowest BCUT2D eigenvalue weighted by Gasteiger charge is -2.32. The molecule has 1 aromatic rings. The SMILES string of the molecule is CSCCN1CCC(NC(=O)c2cccc(CCC(C)(C)O)c2)CC1. The molecule has 0 bridgehead atoms. The molecule has 2 rings (SSSR count). The third-order valence-corrected chi connectivity index (χ3v) is 5.34. The van der Waals surface area contributed by atoms with Gasteiger partial charge in [0.15, 0.2) is 0 Å². The van der Waals surface area contributed by atoms with Crippen LogP contribution in [0.2, 0.25) is 0 Å². The van der Waals surface area contributed by atoms with Gasteiger partial charge in [-0.25, -0.2) is 0 Å². The second kappa shape index (κ2) is 9.60. The molecule has 0 radical (unpaired) electrons. The van der Waals surface area contributed by atoms with Gasteiger partial charge >= 0.3 is 0 Å². The molecule has 140 valence electrons. The van der Waals surface area contributed by atoms with Crippen molar-refractivity contribution >= 4 is 17.7 Å². The van der Waals surface area contributed by atoms with Crippen molar-refractivity contribution in [2.24, 2.45) is 0 Å². The average molecular weight is 365 g/mol. The van der Waals surface area contributed by atoms with Crippen LogP contribution in [-0.4, -0.2) is 59.2 Å². The van der Waals surface area contributed by atoms with Crippen molar-refractivity contribution < 1.29 is 9.90 Å². The van der Waals surface area contributed by atoms with E-state index in [-0.39, 0.29) is 11.9 Å². The largest absolute Gasteiger partial charge is 0.390 e. The van der Waals surface area contributed by atoms with E-state index in [1.54, 1.807) is 0 Å². The summed E-state index contributed by atoms with van der Waals surface area (Å²) in [7, 11) is 0. The highest BCUT2D eigenvalue weighted by atomic mass is 32.2. The summed E-state index contributed by atoms with van der Waals surface area (Å²) in [4.78, 5) is 15.0. The number of nitrogens with zero attached hydrogens (tertiary/aromatic N) is 1. The molecule has 0 unspecified atom stereocenters. The maximum Gasteiger partial charge on any atom is 0.251 e. The number of hydrogen-bond acceptors (Lipinski definition) is 4. The number of carbonyl (C=O) groups excluding carboxylic acids is 1. The first-order valence-corrected chi connectivity index (χ1v) is 10.6. The summed E-state index contributed by atoms with van der Waals surface area (Å²) in [6.45, 7) is 6.91. The predicted molar refractivity (Wildman–Crippen MR) is 106 cm³/mol. The summed E-state index contributed by atoms with van der Waals surface area (Å²) >= 11 is 1.88. The van der Waals surface area contributed by atoms with Crippen LogP contribution in [0.25, 0.3) is 0 Å². The predicted octanol–water partition coefficient (Wildman–Crippen LogP) is 2.95. The van der Waals surface area contributed by atoms with Gasteiger partial charge in [0, 0.05) is 37.0 Å². The van der Waals surface area contributed by atoms with E-state index in [2.05, 4.69) is 16.5 Å². The van der Waals surface area contributed by atoms with Gasteiger partial charge in [-0.2, -0.15) is 11.8 Å². The van der Waals surface area contributed by atoms with Crippen molar-refractivity contribution in [3.8, 4) is 0 Å². The Bertz CT molecular complexity index is 549. The normalized spacial score (nSPS) is 16.8. The fourth-order valence-electron chi connectivity index (χ4n) is 3.11. The zero-order valence-corrected chi connectivity index (χ0v) is 16.6. The lowest BCUT2D eigenvalue weighted by atomic mass is 9.97. The first-order valence-electron chi connectivity index (χ1n) is 9.21. The monoisotopic (exact) mass is 364 g/mol. The molecule has 4 nitrogen and oxygen atoms in total. The fourth-order valence-corrected chi connectivity index (χ4v) is 3.55. The Morgan fingerprint density at radius 2 is 2.08 bits per heavy atom. The Balaban J connectivity index is 1.83. The summed E-state index contributed by atoms with van der Waals surface area (Å²) in [5.41, 5.74) is 1.14. The summed E-state index contributed by atoms with van der Waals surface area (Å²) in [5.74, 6) is 1.20. The van der Waals surface area contributed by atoms with Crippen LogP contribution in [0.1, 0.15) is 49.0 Å². The van der Waals surface area contributed by atoms with E-state index >= 15 is 0 Å². The molecule has 1 amide bonds. The van der Waals surface area contributed by atoms with E-state index in [4.69, 9.17) is 0 Å². The van der Waals surface area contributed by atoms with Crippen molar-refractivity contribution in [2.75, 3.05) is 31.6 Å². The number of nitrogens with one attached hydrogen (secondary N) is 1. The smallest absolute Gasteiger partial charge is 0.251 e. The lowest BCUT2D eigenvalue weighted by molar-refractivity contribution is 0.0714. The van der Waals surface area contributed by atoms with Gasteiger partial charge in [-0.3, -0.25) is 4.79 Å². The molecular weight excluding hydrogens is 332 g/mol. The van der Waals surface area contributed by atoms with Crippen LogP contribution in [0.3, 0.4) is 0 Å². The van der Waals surface area contributed by atoms with Gasteiger partial charge in [-0.15, -0.1) is 0 Å². The highest BCUT2D eigenvalue weighted by molar-refractivity contribution is 7.98. The number of thioether (sulfide) groups is 1. The second-order valence-electron chi connectivity index (χ2n) is 7.59.